The molecule has 3 N–H and O–H groups in total. The van der Waals surface area contributed by atoms with Crippen molar-refractivity contribution in [2.45, 2.75) is 18.5 Å². The minimum absolute atomic E-state index is 0.0400. The van der Waals surface area contributed by atoms with Crippen molar-refractivity contribution in [3.05, 3.63) is 89.1 Å². The Morgan fingerprint density at radius 2 is 1.67 bits per heavy atom. The van der Waals surface area contributed by atoms with Gasteiger partial charge in [0.2, 0.25) is 0 Å². The number of hydrogen-bond acceptors (Lipinski definition) is 4. The van der Waals surface area contributed by atoms with Crippen LogP contribution in [-0.4, -0.2) is 24.2 Å². The molecule has 1 aliphatic carbocycles. The summed E-state index contributed by atoms with van der Waals surface area (Å²) in [6.45, 7) is 0.415. The van der Waals surface area contributed by atoms with Crippen LogP contribution in [0.1, 0.15) is 34.7 Å². The van der Waals surface area contributed by atoms with Gasteiger partial charge in [0.25, 0.3) is 0 Å². The lowest BCUT2D eigenvalue weighted by Crippen LogP contribution is -2.26. The van der Waals surface area contributed by atoms with Crippen LogP contribution < -0.4 is 11.1 Å². The van der Waals surface area contributed by atoms with Crippen molar-refractivity contribution in [3.63, 3.8) is 0 Å². The first kappa shape index (κ1) is 22.4. The molecular weight excluding hydrogens is 431 g/mol. The number of nitrogens with two attached hydrogens (primary N) is 1. The Morgan fingerprint density at radius 3 is 2.30 bits per heavy atom. The molecule has 1 amide bonds. The molecule has 4 rings (SSSR count). The maximum absolute atomic E-state index is 13.1. The fraction of sp³-hybridized carbons (Fsp3) is 0.200. The number of nitrogen functional groups attached to an aromatic ring is 1. The average molecular weight is 453 g/mol. The van der Waals surface area contributed by atoms with E-state index in [-0.39, 0.29) is 30.5 Å². The Bertz CT molecular complexity index is 1150. The Morgan fingerprint density at radius 1 is 1.03 bits per heavy atom. The number of fused-ring (bicyclic) bond motifs is 3. The summed E-state index contributed by atoms with van der Waals surface area (Å²) in [4.78, 5) is 15.5. The Hall–Kier alpha value is -3.81. The highest BCUT2D eigenvalue weighted by molar-refractivity contribution is 5.79. The van der Waals surface area contributed by atoms with E-state index >= 15 is 0 Å². The van der Waals surface area contributed by atoms with Gasteiger partial charge in [0, 0.05) is 18.0 Å². The van der Waals surface area contributed by atoms with Gasteiger partial charge in [-0.1, -0.05) is 60.7 Å². The van der Waals surface area contributed by atoms with Gasteiger partial charge in [0.1, 0.15) is 12.4 Å². The van der Waals surface area contributed by atoms with Gasteiger partial charge in [-0.25, -0.2) is 9.78 Å². The van der Waals surface area contributed by atoms with E-state index in [1.807, 2.05) is 36.4 Å². The summed E-state index contributed by atoms with van der Waals surface area (Å²) in [6.07, 6.45) is -2.00. The zero-order valence-corrected chi connectivity index (χ0v) is 17.6. The van der Waals surface area contributed by atoms with E-state index in [0.29, 0.717) is 6.42 Å². The van der Waals surface area contributed by atoms with Crippen molar-refractivity contribution in [2.24, 2.45) is 0 Å². The number of ether oxygens (including phenoxy) is 1. The molecule has 3 aromatic rings. The molecule has 0 bridgehead atoms. The molecule has 2 aromatic carbocycles. The summed E-state index contributed by atoms with van der Waals surface area (Å²) in [5.74, 6) is -0.238. The van der Waals surface area contributed by atoms with E-state index in [0.717, 1.165) is 22.3 Å². The van der Waals surface area contributed by atoms with Crippen molar-refractivity contribution in [1.82, 2.24) is 10.3 Å². The number of benzene rings is 2. The molecule has 1 heterocycles. The van der Waals surface area contributed by atoms with Gasteiger partial charge in [-0.15, -0.1) is 0 Å². The zero-order chi connectivity index (χ0) is 23.4. The van der Waals surface area contributed by atoms with Crippen molar-refractivity contribution in [2.75, 3.05) is 18.9 Å². The molecule has 0 spiro atoms. The van der Waals surface area contributed by atoms with Gasteiger partial charge in [-0.05, 0) is 40.8 Å². The second kappa shape index (κ2) is 9.36. The topological polar surface area (TPSA) is 77.2 Å². The van der Waals surface area contributed by atoms with Gasteiger partial charge in [-0.2, -0.15) is 13.2 Å². The van der Waals surface area contributed by atoms with Crippen molar-refractivity contribution >= 4 is 18.0 Å². The SMILES string of the molecule is Nc1ccc(C=CCCNC(=O)OCC2c3ccccc3-c3ccccc32)c(C(F)(F)F)n1. The van der Waals surface area contributed by atoms with Gasteiger partial charge in [0.15, 0.2) is 5.69 Å². The molecule has 0 radical (unpaired) electrons. The van der Waals surface area contributed by atoms with E-state index in [1.165, 1.54) is 24.3 Å². The quantitative estimate of drug-likeness (QED) is 0.475. The van der Waals surface area contributed by atoms with Gasteiger partial charge < -0.3 is 15.8 Å². The minimum atomic E-state index is -4.60. The molecule has 0 saturated carbocycles. The molecule has 33 heavy (non-hydrogen) atoms. The zero-order valence-electron chi connectivity index (χ0n) is 17.6. The number of pyridine rings is 1. The van der Waals surface area contributed by atoms with Gasteiger partial charge in [0.05, 0.1) is 0 Å². The monoisotopic (exact) mass is 453 g/mol. The predicted octanol–water partition coefficient (Wildman–Crippen LogP) is 5.62. The highest BCUT2D eigenvalue weighted by Crippen LogP contribution is 2.44. The lowest BCUT2D eigenvalue weighted by molar-refractivity contribution is -0.141. The lowest BCUT2D eigenvalue weighted by Gasteiger charge is -2.14. The molecule has 0 saturated heterocycles. The molecule has 8 heteroatoms. The molecule has 0 aliphatic heterocycles. The number of nitrogens with zero attached hydrogens (tertiary/aromatic N) is 1. The number of amides is 1. The van der Waals surface area contributed by atoms with Gasteiger partial charge in [-0.3, -0.25) is 0 Å². The number of rotatable bonds is 6. The Labute approximate surface area is 189 Å². The molecule has 0 atom stereocenters. The maximum atomic E-state index is 13.1. The number of carbonyl (C=O) groups is 1. The number of anilines is 1. The van der Waals surface area contributed by atoms with E-state index in [4.69, 9.17) is 10.5 Å². The summed E-state index contributed by atoms with van der Waals surface area (Å²) in [7, 11) is 0. The fourth-order valence-electron chi connectivity index (χ4n) is 3.96. The van der Waals surface area contributed by atoms with Crippen molar-refractivity contribution in [1.29, 1.82) is 0 Å². The van der Waals surface area contributed by atoms with Crippen LogP contribution >= 0.6 is 0 Å². The average Bonchev–Trinajstić information content (AvgIpc) is 3.11. The van der Waals surface area contributed by atoms with Crippen LogP contribution in [-0.2, 0) is 10.9 Å². The second-order valence-electron chi connectivity index (χ2n) is 7.62. The third-order valence-electron chi connectivity index (χ3n) is 5.44. The van der Waals surface area contributed by atoms with Crippen LogP contribution in [0.4, 0.5) is 23.8 Å². The number of hydrogen-bond donors (Lipinski definition) is 2. The number of halogens is 3. The molecule has 170 valence electrons. The first-order chi connectivity index (χ1) is 15.8. The Kier molecular flexibility index (Phi) is 6.35. The number of alkyl halides is 3. The molecule has 1 aromatic heterocycles. The third-order valence-corrected chi connectivity index (χ3v) is 5.44. The molecule has 0 unspecified atom stereocenters. The second-order valence-corrected chi connectivity index (χ2v) is 7.62. The van der Waals surface area contributed by atoms with Crippen LogP contribution in [0.15, 0.2) is 66.7 Å². The molecule has 1 aliphatic rings. The maximum Gasteiger partial charge on any atom is 0.434 e. The van der Waals surface area contributed by atoms with Crippen LogP contribution in [0.2, 0.25) is 0 Å². The normalized spacial score (nSPS) is 13.1. The van der Waals surface area contributed by atoms with Crippen molar-refractivity contribution in [3.8, 4) is 11.1 Å². The van der Waals surface area contributed by atoms with Crippen LogP contribution in [0.25, 0.3) is 17.2 Å². The Balaban J connectivity index is 1.29. The number of nitrogens with one attached hydrogen (secondary N) is 1. The highest BCUT2D eigenvalue weighted by Gasteiger charge is 2.35. The smallest absolute Gasteiger partial charge is 0.434 e. The summed E-state index contributed by atoms with van der Waals surface area (Å²) >= 11 is 0. The highest BCUT2D eigenvalue weighted by atomic mass is 19.4. The van der Waals surface area contributed by atoms with Crippen LogP contribution in [0, 0.1) is 0 Å². The van der Waals surface area contributed by atoms with Crippen molar-refractivity contribution < 1.29 is 22.7 Å². The summed E-state index contributed by atoms with van der Waals surface area (Å²) in [6, 6.07) is 18.7. The summed E-state index contributed by atoms with van der Waals surface area (Å²) in [5, 5.41) is 2.62. The summed E-state index contributed by atoms with van der Waals surface area (Å²) < 4.78 is 44.7. The number of carbonyl (C=O) groups excluding carboxylic acids is 1. The van der Waals surface area contributed by atoms with E-state index in [2.05, 4.69) is 22.4 Å². The first-order valence-electron chi connectivity index (χ1n) is 10.4. The number of aromatic nitrogens is 1. The molecular formula is C25H22F3N3O2. The summed E-state index contributed by atoms with van der Waals surface area (Å²) in [5.41, 5.74) is 8.76. The fourth-order valence-corrected chi connectivity index (χ4v) is 3.96. The van der Waals surface area contributed by atoms with E-state index < -0.39 is 18.0 Å². The van der Waals surface area contributed by atoms with Crippen LogP contribution in [0.3, 0.4) is 0 Å². The minimum Gasteiger partial charge on any atom is -0.449 e. The number of alkyl carbamates (subject to hydrolysis) is 1. The third kappa shape index (κ3) is 5.00. The van der Waals surface area contributed by atoms with E-state index in [9.17, 15) is 18.0 Å². The first-order valence-corrected chi connectivity index (χ1v) is 10.4. The predicted molar refractivity (Wildman–Crippen MR) is 120 cm³/mol. The van der Waals surface area contributed by atoms with Gasteiger partial charge >= 0.3 is 12.3 Å². The standard InChI is InChI=1S/C25H22F3N3O2/c26-25(27,28)23-16(12-13-22(29)31-23)7-5-6-14-30-24(32)33-15-21-19-10-3-1-8-17(19)18-9-2-4-11-20(18)21/h1-5,7-13,21H,6,14-15H2,(H2,29,31)(H,30,32). The largest absolute Gasteiger partial charge is 0.449 e. The molecule has 0 fully saturated rings. The lowest BCUT2D eigenvalue weighted by atomic mass is 9.98. The van der Waals surface area contributed by atoms with Crippen LogP contribution in [0.5, 0.6) is 0 Å². The van der Waals surface area contributed by atoms with E-state index in [1.54, 1.807) is 0 Å². The molecule has 5 nitrogen and oxygen atoms in total.